The maximum Gasteiger partial charge on any atom is 0.113 e. The van der Waals surface area contributed by atoms with Gasteiger partial charge in [-0.1, -0.05) is 25.8 Å². The van der Waals surface area contributed by atoms with Gasteiger partial charge in [0.25, 0.3) is 0 Å². The molecule has 1 unspecified atom stereocenters. The Hall–Kier alpha value is -0.500. The topological polar surface area (TPSA) is 18.5 Å². The molecule has 12 heavy (non-hydrogen) atoms. The van der Waals surface area contributed by atoms with E-state index < -0.39 is 0 Å². The smallest absolute Gasteiger partial charge is 0.113 e. The summed E-state index contributed by atoms with van der Waals surface area (Å²) in [4.78, 5) is 0. The molecule has 0 saturated carbocycles. The van der Waals surface area contributed by atoms with Crippen LogP contribution in [-0.2, 0) is 9.47 Å². The van der Waals surface area contributed by atoms with Crippen molar-refractivity contribution in [2.45, 2.75) is 38.2 Å². The molecule has 1 atom stereocenters. The molecule has 0 spiro atoms. The molecule has 1 heterocycles. The highest BCUT2D eigenvalue weighted by atomic mass is 16.5. The molecule has 1 aliphatic rings. The number of hydrogen-bond acceptors (Lipinski definition) is 2. The van der Waals surface area contributed by atoms with Crippen LogP contribution in [-0.4, -0.2) is 19.3 Å². The fraction of sp³-hybridized carbons (Fsp3) is 0.800. The lowest BCUT2D eigenvalue weighted by molar-refractivity contribution is -0.00485. The van der Waals surface area contributed by atoms with Crippen LogP contribution in [0, 0.1) is 0 Å². The molecule has 0 amide bonds. The summed E-state index contributed by atoms with van der Waals surface area (Å²) in [6.45, 7) is 5.07. The standard InChI is InChI=1S/C10H18O2/c1-2-11-9-10-7-5-3-4-6-8-12-10/h2,10H,1,3-9H2. The largest absolute Gasteiger partial charge is 0.499 e. The summed E-state index contributed by atoms with van der Waals surface area (Å²) < 4.78 is 10.7. The van der Waals surface area contributed by atoms with Crippen molar-refractivity contribution in [3.05, 3.63) is 12.8 Å². The molecule has 70 valence electrons. The summed E-state index contributed by atoms with van der Waals surface area (Å²) >= 11 is 0. The summed E-state index contributed by atoms with van der Waals surface area (Å²) in [6, 6.07) is 0. The van der Waals surface area contributed by atoms with Crippen LogP contribution < -0.4 is 0 Å². The fourth-order valence-electron chi connectivity index (χ4n) is 1.47. The minimum absolute atomic E-state index is 0.295. The average molecular weight is 170 g/mol. The Morgan fingerprint density at radius 3 is 3.00 bits per heavy atom. The third-order valence-corrected chi connectivity index (χ3v) is 2.17. The lowest BCUT2D eigenvalue weighted by Crippen LogP contribution is -2.20. The second kappa shape index (κ2) is 6.06. The Morgan fingerprint density at radius 2 is 2.17 bits per heavy atom. The van der Waals surface area contributed by atoms with Gasteiger partial charge in [0.05, 0.1) is 12.4 Å². The first-order chi connectivity index (χ1) is 5.93. The van der Waals surface area contributed by atoms with Gasteiger partial charge in [0.15, 0.2) is 0 Å². The Labute approximate surface area is 74.6 Å². The Balaban J connectivity index is 2.15. The third-order valence-electron chi connectivity index (χ3n) is 2.17. The van der Waals surface area contributed by atoms with E-state index in [0.29, 0.717) is 12.7 Å². The zero-order valence-electron chi connectivity index (χ0n) is 7.63. The second-order valence-corrected chi connectivity index (χ2v) is 3.20. The van der Waals surface area contributed by atoms with Crippen LogP contribution in [0.1, 0.15) is 32.1 Å². The first-order valence-corrected chi connectivity index (χ1v) is 4.77. The average Bonchev–Trinajstić information content (AvgIpc) is 2.02. The molecule has 1 fully saturated rings. The molecule has 0 N–H and O–H groups in total. The van der Waals surface area contributed by atoms with Crippen LogP contribution in [0.4, 0.5) is 0 Å². The van der Waals surface area contributed by atoms with Gasteiger partial charge >= 0.3 is 0 Å². The van der Waals surface area contributed by atoms with Crippen LogP contribution >= 0.6 is 0 Å². The molecule has 1 saturated heterocycles. The Kier molecular flexibility index (Phi) is 4.85. The molecule has 0 aromatic heterocycles. The van der Waals surface area contributed by atoms with E-state index in [-0.39, 0.29) is 0 Å². The quantitative estimate of drug-likeness (QED) is 0.606. The molecular weight excluding hydrogens is 152 g/mol. The lowest BCUT2D eigenvalue weighted by Gasteiger charge is -2.19. The van der Waals surface area contributed by atoms with Crippen molar-refractivity contribution >= 4 is 0 Å². The summed E-state index contributed by atoms with van der Waals surface area (Å²) in [5, 5.41) is 0. The highest BCUT2D eigenvalue weighted by Gasteiger charge is 2.10. The number of ether oxygens (including phenoxy) is 2. The SMILES string of the molecule is C=COCC1CCCCCCO1. The van der Waals surface area contributed by atoms with Crippen LogP contribution in [0.15, 0.2) is 12.8 Å². The highest BCUT2D eigenvalue weighted by Crippen LogP contribution is 2.13. The second-order valence-electron chi connectivity index (χ2n) is 3.20. The Morgan fingerprint density at radius 1 is 1.33 bits per heavy atom. The maximum atomic E-state index is 5.61. The van der Waals surface area contributed by atoms with E-state index in [0.717, 1.165) is 13.0 Å². The highest BCUT2D eigenvalue weighted by molar-refractivity contribution is 4.62. The Bertz CT molecular complexity index is 115. The lowest BCUT2D eigenvalue weighted by atomic mass is 10.1. The molecule has 1 rings (SSSR count). The maximum absolute atomic E-state index is 5.61. The number of hydrogen-bond donors (Lipinski definition) is 0. The predicted molar refractivity (Wildman–Crippen MR) is 49.0 cm³/mol. The predicted octanol–water partition coefficient (Wildman–Crippen LogP) is 2.50. The van der Waals surface area contributed by atoms with Gasteiger partial charge in [-0.25, -0.2) is 0 Å². The van der Waals surface area contributed by atoms with Gasteiger partial charge in [-0.05, 0) is 12.8 Å². The van der Waals surface area contributed by atoms with Gasteiger partial charge in [-0.15, -0.1) is 0 Å². The van der Waals surface area contributed by atoms with Crippen LogP contribution in [0.2, 0.25) is 0 Å². The summed E-state index contributed by atoms with van der Waals surface area (Å²) in [6.07, 6.45) is 8.04. The van der Waals surface area contributed by atoms with Crippen LogP contribution in [0.3, 0.4) is 0 Å². The van der Waals surface area contributed by atoms with Crippen molar-refractivity contribution < 1.29 is 9.47 Å². The van der Waals surface area contributed by atoms with Gasteiger partial charge in [0, 0.05) is 6.61 Å². The summed E-state index contributed by atoms with van der Waals surface area (Å²) in [7, 11) is 0. The number of rotatable bonds is 3. The molecular formula is C10H18O2. The van der Waals surface area contributed by atoms with Gasteiger partial charge < -0.3 is 9.47 Å². The van der Waals surface area contributed by atoms with Crippen molar-refractivity contribution in [2.75, 3.05) is 13.2 Å². The molecule has 0 aromatic carbocycles. The molecule has 0 radical (unpaired) electrons. The summed E-state index contributed by atoms with van der Waals surface area (Å²) in [5.41, 5.74) is 0. The fourth-order valence-corrected chi connectivity index (χ4v) is 1.47. The molecule has 1 aliphatic heterocycles. The monoisotopic (exact) mass is 170 g/mol. The van der Waals surface area contributed by atoms with E-state index in [2.05, 4.69) is 6.58 Å². The van der Waals surface area contributed by atoms with Crippen molar-refractivity contribution in [3.63, 3.8) is 0 Å². The van der Waals surface area contributed by atoms with Crippen molar-refractivity contribution in [1.29, 1.82) is 0 Å². The van der Waals surface area contributed by atoms with Crippen LogP contribution in [0.25, 0.3) is 0 Å². The van der Waals surface area contributed by atoms with Gasteiger partial charge in [0.2, 0.25) is 0 Å². The van der Waals surface area contributed by atoms with E-state index in [1.165, 1.54) is 31.9 Å². The van der Waals surface area contributed by atoms with E-state index in [9.17, 15) is 0 Å². The van der Waals surface area contributed by atoms with Gasteiger partial charge in [0.1, 0.15) is 6.61 Å². The zero-order valence-corrected chi connectivity index (χ0v) is 7.63. The summed E-state index contributed by atoms with van der Waals surface area (Å²) in [5.74, 6) is 0. The minimum atomic E-state index is 0.295. The van der Waals surface area contributed by atoms with Gasteiger partial charge in [-0.2, -0.15) is 0 Å². The molecule has 0 aliphatic carbocycles. The molecule has 0 aromatic rings. The van der Waals surface area contributed by atoms with Crippen molar-refractivity contribution in [1.82, 2.24) is 0 Å². The van der Waals surface area contributed by atoms with E-state index in [1.54, 1.807) is 0 Å². The third kappa shape index (κ3) is 3.77. The van der Waals surface area contributed by atoms with Crippen LogP contribution in [0.5, 0.6) is 0 Å². The first-order valence-electron chi connectivity index (χ1n) is 4.77. The zero-order chi connectivity index (χ0) is 8.65. The first kappa shape index (κ1) is 9.59. The molecule has 0 bridgehead atoms. The van der Waals surface area contributed by atoms with Crippen molar-refractivity contribution in [2.24, 2.45) is 0 Å². The van der Waals surface area contributed by atoms with E-state index >= 15 is 0 Å². The molecule has 2 heteroatoms. The van der Waals surface area contributed by atoms with Crippen molar-refractivity contribution in [3.8, 4) is 0 Å². The minimum Gasteiger partial charge on any atom is -0.499 e. The van der Waals surface area contributed by atoms with E-state index in [4.69, 9.17) is 9.47 Å². The normalized spacial score (nSPS) is 25.5. The van der Waals surface area contributed by atoms with Gasteiger partial charge in [-0.3, -0.25) is 0 Å². The molecule has 2 nitrogen and oxygen atoms in total. The van der Waals surface area contributed by atoms with E-state index in [1.807, 2.05) is 0 Å².